The van der Waals surface area contributed by atoms with Gasteiger partial charge in [-0.25, -0.2) is 0 Å². The molecule has 14 heavy (non-hydrogen) atoms. The number of hydrogen-bond acceptors (Lipinski definition) is 2. The lowest BCUT2D eigenvalue weighted by Crippen LogP contribution is -2.18. The van der Waals surface area contributed by atoms with E-state index in [2.05, 4.69) is 24.9 Å². The Bertz CT molecular complexity index is 331. The van der Waals surface area contributed by atoms with Gasteiger partial charge in [0.2, 0.25) is 0 Å². The fraction of sp³-hybridized carbons (Fsp3) is 0.583. The second-order valence-corrected chi connectivity index (χ2v) is 4.46. The Morgan fingerprint density at radius 3 is 3.00 bits per heavy atom. The molecule has 76 valence electrons. The molecule has 2 N–H and O–H groups in total. The van der Waals surface area contributed by atoms with Gasteiger partial charge in [0.15, 0.2) is 0 Å². The van der Waals surface area contributed by atoms with Gasteiger partial charge in [-0.1, -0.05) is 19.9 Å². The van der Waals surface area contributed by atoms with E-state index in [4.69, 9.17) is 5.73 Å². The van der Waals surface area contributed by atoms with Crippen LogP contribution in [-0.4, -0.2) is 4.98 Å². The molecule has 0 spiro atoms. The first-order valence-corrected chi connectivity index (χ1v) is 5.43. The highest BCUT2D eigenvalue weighted by atomic mass is 14.7. The minimum absolute atomic E-state index is 0.213. The number of nitrogens with two attached hydrogens (primary N) is 1. The molecule has 2 rings (SSSR count). The number of aromatic nitrogens is 1. The lowest BCUT2D eigenvalue weighted by atomic mass is 9.89. The van der Waals surface area contributed by atoms with Gasteiger partial charge in [0.25, 0.3) is 0 Å². The lowest BCUT2D eigenvalue weighted by Gasteiger charge is -2.22. The quantitative estimate of drug-likeness (QED) is 0.739. The van der Waals surface area contributed by atoms with Gasteiger partial charge in [-0.05, 0) is 36.3 Å². The molecule has 1 atom stereocenters. The number of aryl methyl sites for hydroxylation is 1. The molecule has 0 aromatic carbocycles. The van der Waals surface area contributed by atoms with E-state index in [-0.39, 0.29) is 6.04 Å². The van der Waals surface area contributed by atoms with Gasteiger partial charge in [-0.2, -0.15) is 0 Å². The molecule has 0 aliphatic heterocycles. The summed E-state index contributed by atoms with van der Waals surface area (Å²) in [5.74, 6) is 0.543. The Morgan fingerprint density at radius 2 is 2.29 bits per heavy atom. The zero-order valence-corrected chi connectivity index (χ0v) is 8.96. The number of pyridine rings is 1. The molecule has 1 aliphatic carbocycles. The number of nitrogens with zero attached hydrogens (tertiary/aromatic N) is 1. The second kappa shape index (κ2) is 3.70. The zero-order chi connectivity index (χ0) is 10.1. The van der Waals surface area contributed by atoms with E-state index in [1.807, 2.05) is 6.20 Å². The standard InChI is InChI=1S/C12H18N2/c1-8(2)9-6-10-11(13)4-3-5-12(10)14-7-9/h6-8,11H,3-5,13H2,1-2H3. The molecule has 1 unspecified atom stereocenters. The fourth-order valence-corrected chi connectivity index (χ4v) is 2.02. The predicted octanol–water partition coefficient (Wildman–Crippen LogP) is 2.54. The van der Waals surface area contributed by atoms with Gasteiger partial charge < -0.3 is 5.73 Å². The highest BCUT2D eigenvalue weighted by molar-refractivity contribution is 5.31. The third kappa shape index (κ3) is 1.67. The number of fused-ring (bicyclic) bond motifs is 1. The van der Waals surface area contributed by atoms with Crippen molar-refractivity contribution < 1.29 is 0 Å². The van der Waals surface area contributed by atoms with E-state index in [1.165, 1.54) is 23.2 Å². The Balaban J connectivity index is 2.41. The average molecular weight is 190 g/mol. The normalized spacial score (nSPS) is 21.0. The monoisotopic (exact) mass is 190 g/mol. The van der Waals surface area contributed by atoms with Crippen molar-refractivity contribution >= 4 is 0 Å². The van der Waals surface area contributed by atoms with Gasteiger partial charge in [0.05, 0.1) is 0 Å². The molecule has 1 aromatic heterocycles. The summed E-state index contributed by atoms with van der Waals surface area (Å²) in [7, 11) is 0. The van der Waals surface area contributed by atoms with Crippen molar-refractivity contribution in [2.45, 2.75) is 45.1 Å². The summed E-state index contributed by atoms with van der Waals surface area (Å²) in [6.45, 7) is 4.38. The second-order valence-electron chi connectivity index (χ2n) is 4.46. The predicted molar refractivity (Wildman–Crippen MR) is 58.2 cm³/mol. The van der Waals surface area contributed by atoms with Crippen LogP contribution in [0.1, 0.15) is 55.5 Å². The Hall–Kier alpha value is -0.890. The Labute approximate surface area is 85.5 Å². The van der Waals surface area contributed by atoms with E-state index in [9.17, 15) is 0 Å². The highest BCUT2D eigenvalue weighted by Gasteiger charge is 2.18. The Morgan fingerprint density at radius 1 is 1.50 bits per heavy atom. The van der Waals surface area contributed by atoms with Crippen LogP contribution >= 0.6 is 0 Å². The minimum atomic E-state index is 0.213. The SMILES string of the molecule is CC(C)c1cnc2c(c1)C(N)CCC2. The van der Waals surface area contributed by atoms with Gasteiger partial charge in [-0.3, -0.25) is 4.98 Å². The summed E-state index contributed by atoms with van der Waals surface area (Å²) >= 11 is 0. The summed E-state index contributed by atoms with van der Waals surface area (Å²) in [5.41, 5.74) is 9.88. The topological polar surface area (TPSA) is 38.9 Å². The van der Waals surface area contributed by atoms with Crippen LogP contribution in [0.15, 0.2) is 12.3 Å². The zero-order valence-electron chi connectivity index (χ0n) is 8.96. The summed E-state index contributed by atoms with van der Waals surface area (Å²) < 4.78 is 0. The summed E-state index contributed by atoms with van der Waals surface area (Å²) in [5, 5.41) is 0. The van der Waals surface area contributed by atoms with Crippen LogP contribution < -0.4 is 5.73 Å². The first kappa shape index (κ1) is 9.66. The van der Waals surface area contributed by atoms with Crippen molar-refractivity contribution in [1.29, 1.82) is 0 Å². The van der Waals surface area contributed by atoms with Crippen molar-refractivity contribution in [2.75, 3.05) is 0 Å². The molecule has 1 aromatic rings. The largest absolute Gasteiger partial charge is 0.324 e. The van der Waals surface area contributed by atoms with Crippen LogP contribution in [0.2, 0.25) is 0 Å². The van der Waals surface area contributed by atoms with E-state index in [0.717, 1.165) is 12.8 Å². The van der Waals surface area contributed by atoms with Crippen LogP contribution in [-0.2, 0) is 6.42 Å². The van der Waals surface area contributed by atoms with E-state index in [0.29, 0.717) is 5.92 Å². The highest BCUT2D eigenvalue weighted by Crippen LogP contribution is 2.28. The molecule has 1 heterocycles. The van der Waals surface area contributed by atoms with Crippen LogP contribution in [0, 0.1) is 0 Å². The van der Waals surface area contributed by atoms with Crippen LogP contribution in [0.4, 0.5) is 0 Å². The maximum atomic E-state index is 6.08. The third-order valence-electron chi connectivity index (χ3n) is 3.02. The molecular formula is C12H18N2. The molecule has 2 nitrogen and oxygen atoms in total. The third-order valence-corrected chi connectivity index (χ3v) is 3.02. The molecule has 0 radical (unpaired) electrons. The van der Waals surface area contributed by atoms with E-state index in [1.54, 1.807) is 0 Å². The van der Waals surface area contributed by atoms with Crippen molar-refractivity contribution in [2.24, 2.45) is 5.73 Å². The smallest absolute Gasteiger partial charge is 0.0451 e. The Kier molecular flexibility index (Phi) is 2.55. The molecule has 0 bridgehead atoms. The maximum absolute atomic E-state index is 6.08. The minimum Gasteiger partial charge on any atom is -0.324 e. The summed E-state index contributed by atoms with van der Waals surface area (Å²) in [4.78, 5) is 4.51. The van der Waals surface area contributed by atoms with E-state index >= 15 is 0 Å². The summed E-state index contributed by atoms with van der Waals surface area (Å²) in [6, 6.07) is 2.46. The van der Waals surface area contributed by atoms with Gasteiger partial charge >= 0.3 is 0 Å². The van der Waals surface area contributed by atoms with Crippen molar-refractivity contribution in [3.8, 4) is 0 Å². The molecule has 2 heteroatoms. The van der Waals surface area contributed by atoms with Gasteiger partial charge in [0.1, 0.15) is 0 Å². The number of rotatable bonds is 1. The molecule has 0 saturated carbocycles. The average Bonchev–Trinajstić information content (AvgIpc) is 2.18. The fourth-order valence-electron chi connectivity index (χ4n) is 2.02. The summed E-state index contributed by atoms with van der Waals surface area (Å²) in [6.07, 6.45) is 5.39. The van der Waals surface area contributed by atoms with Gasteiger partial charge in [-0.15, -0.1) is 0 Å². The lowest BCUT2D eigenvalue weighted by molar-refractivity contribution is 0.558. The first-order valence-electron chi connectivity index (χ1n) is 5.43. The molecule has 0 fully saturated rings. The van der Waals surface area contributed by atoms with Crippen LogP contribution in [0.25, 0.3) is 0 Å². The molecular weight excluding hydrogens is 172 g/mol. The van der Waals surface area contributed by atoms with Crippen molar-refractivity contribution in [3.63, 3.8) is 0 Å². The van der Waals surface area contributed by atoms with Crippen molar-refractivity contribution in [3.05, 3.63) is 29.1 Å². The van der Waals surface area contributed by atoms with Crippen LogP contribution in [0.5, 0.6) is 0 Å². The van der Waals surface area contributed by atoms with Crippen LogP contribution in [0.3, 0.4) is 0 Å². The molecule has 1 aliphatic rings. The number of hydrogen-bond donors (Lipinski definition) is 1. The van der Waals surface area contributed by atoms with Crippen molar-refractivity contribution in [1.82, 2.24) is 4.98 Å². The molecule has 0 amide bonds. The van der Waals surface area contributed by atoms with Gasteiger partial charge in [0, 0.05) is 17.9 Å². The molecule has 0 saturated heterocycles. The maximum Gasteiger partial charge on any atom is 0.0451 e. The first-order chi connectivity index (χ1) is 6.68. The van der Waals surface area contributed by atoms with E-state index < -0.39 is 0 Å².